The van der Waals surface area contributed by atoms with Gasteiger partial charge in [-0.3, -0.25) is 24.0 Å². The second-order valence-corrected chi connectivity index (χ2v) is 18.5. The first kappa shape index (κ1) is 49.9. The summed E-state index contributed by atoms with van der Waals surface area (Å²) in [6.45, 7) is 2.01. The molecule has 2 aliphatic rings. The molecular formula is C49H62Cl2N8O7. The van der Waals surface area contributed by atoms with Crippen LogP contribution in [0.2, 0.25) is 10.0 Å². The smallest absolute Gasteiger partial charge is 0.247 e. The van der Waals surface area contributed by atoms with Gasteiger partial charge >= 0.3 is 0 Å². The van der Waals surface area contributed by atoms with Crippen molar-refractivity contribution in [2.45, 2.75) is 102 Å². The minimum atomic E-state index is -1.16. The normalized spacial score (nSPS) is 21.9. The van der Waals surface area contributed by atoms with Gasteiger partial charge in [0.25, 0.3) is 0 Å². The lowest BCUT2D eigenvalue weighted by molar-refractivity contribution is -0.145. The van der Waals surface area contributed by atoms with Gasteiger partial charge in [0.1, 0.15) is 29.4 Å². The SMILES string of the molecule is COC[C@@H]1NC(=O)[C@H](C)N(Cc2ccc(Cl)cc2Oc2ccc(-c3cnc(CN(C)C)n3C)cc2)C(=O)CCC(=O)N(C)[C@H]2CCCC[C@@H]2NC(=O)C[C@H](Cc2ccc(Cl)cc2)N(C)C1=O. The number of benzene rings is 3. The topological polar surface area (TPSA) is 159 Å². The van der Waals surface area contributed by atoms with Gasteiger partial charge in [-0.2, -0.15) is 0 Å². The summed E-state index contributed by atoms with van der Waals surface area (Å²) in [6, 6.07) is 16.3. The zero-order valence-electron chi connectivity index (χ0n) is 38.9. The Morgan fingerprint density at radius 1 is 0.833 bits per heavy atom. The number of methoxy groups -OCH3 is 1. The van der Waals surface area contributed by atoms with Crippen molar-refractivity contribution in [2.75, 3.05) is 41.9 Å². The lowest BCUT2D eigenvalue weighted by atomic mass is 9.88. The van der Waals surface area contributed by atoms with E-state index >= 15 is 0 Å². The minimum Gasteiger partial charge on any atom is -0.457 e. The molecule has 5 amide bonds. The third-order valence-electron chi connectivity index (χ3n) is 12.6. The van der Waals surface area contributed by atoms with Crippen LogP contribution in [0, 0.1) is 0 Å². The summed E-state index contributed by atoms with van der Waals surface area (Å²) in [5.41, 5.74) is 3.30. The summed E-state index contributed by atoms with van der Waals surface area (Å²) in [5, 5.41) is 6.98. The van der Waals surface area contributed by atoms with E-state index in [0.717, 1.165) is 35.5 Å². The lowest BCUT2D eigenvalue weighted by Crippen LogP contribution is -2.58. The maximum Gasteiger partial charge on any atom is 0.247 e. The molecule has 17 heteroatoms. The molecule has 354 valence electrons. The van der Waals surface area contributed by atoms with Crippen LogP contribution in [0.1, 0.15) is 68.8 Å². The quantitative estimate of drug-likeness (QED) is 0.178. The maximum absolute atomic E-state index is 14.4. The summed E-state index contributed by atoms with van der Waals surface area (Å²) in [4.78, 5) is 82.1. The third-order valence-corrected chi connectivity index (χ3v) is 13.1. The monoisotopic (exact) mass is 944 g/mol. The summed E-state index contributed by atoms with van der Waals surface area (Å²) < 4.78 is 13.9. The molecule has 2 N–H and O–H groups in total. The number of hydrogen-bond donors (Lipinski definition) is 2. The Labute approximate surface area is 397 Å². The van der Waals surface area contributed by atoms with Gasteiger partial charge in [0.05, 0.1) is 37.6 Å². The molecule has 1 aliphatic carbocycles. The molecule has 2 fully saturated rings. The predicted octanol–water partition coefficient (Wildman–Crippen LogP) is 6.24. The number of amides is 5. The van der Waals surface area contributed by atoms with E-state index in [1.165, 1.54) is 16.9 Å². The number of rotatable bonds is 11. The fraction of sp³-hybridized carbons (Fsp3) is 0.469. The molecule has 4 aromatic rings. The Balaban J connectivity index is 1.30. The number of nitrogens with one attached hydrogen (secondary N) is 2. The molecule has 0 spiro atoms. The van der Waals surface area contributed by atoms with Gasteiger partial charge in [0.2, 0.25) is 29.5 Å². The summed E-state index contributed by atoms with van der Waals surface area (Å²) >= 11 is 12.7. The van der Waals surface area contributed by atoms with Crippen LogP contribution in [-0.2, 0) is 55.3 Å². The second-order valence-electron chi connectivity index (χ2n) is 17.6. The van der Waals surface area contributed by atoms with Crippen molar-refractivity contribution >= 4 is 52.7 Å². The van der Waals surface area contributed by atoms with Gasteiger partial charge in [0, 0.05) is 80.8 Å². The Morgan fingerprint density at radius 3 is 2.21 bits per heavy atom. The highest BCUT2D eigenvalue weighted by Crippen LogP contribution is 2.32. The first-order valence-electron chi connectivity index (χ1n) is 22.4. The summed E-state index contributed by atoms with van der Waals surface area (Å²) in [7, 11) is 10.7. The van der Waals surface area contributed by atoms with E-state index < -0.39 is 35.8 Å². The number of hydrogen-bond acceptors (Lipinski definition) is 9. The van der Waals surface area contributed by atoms with Crippen molar-refractivity contribution in [3.8, 4) is 22.8 Å². The molecule has 66 heavy (non-hydrogen) atoms. The number of halogens is 2. The first-order chi connectivity index (χ1) is 31.5. The average molecular weight is 946 g/mol. The highest BCUT2D eigenvalue weighted by Gasteiger charge is 2.37. The van der Waals surface area contributed by atoms with Gasteiger partial charge in [-0.1, -0.05) is 54.2 Å². The van der Waals surface area contributed by atoms with Crippen molar-refractivity contribution in [1.82, 2.24) is 39.8 Å². The average Bonchev–Trinajstić information content (AvgIpc) is 3.65. The van der Waals surface area contributed by atoms with Crippen molar-refractivity contribution in [2.24, 2.45) is 7.05 Å². The molecule has 6 rings (SSSR count). The molecule has 15 nitrogen and oxygen atoms in total. The van der Waals surface area contributed by atoms with Crippen molar-refractivity contribution in [3.05, 3.63) is 99.9 Å². The molecule has 1 aliphatic heterocycles. The van der Waals surface area contributed by atoms with E-state index in [2.05, 4.69) is 25.1 Å². The van der Waals surface area contributed by atoms with Crippen LogP contribution in [0.3, 0.4) is 0 Å². The second kappa shape index (κ2) is 22.8. The van der Waals surface area contributed by atoms with Crippen molar-refractivity contribution in [1.29, 1.82) is 0 Å². The fourth-order valence-electron chi connectivity index (χ4n) is 8.73. The number of fused-ring (bicyclic) bond motifs is 1. The van der Waals surface area contributed by atoms with Crippen LogP contribution in [-0.4, -0.2) is 131 Å². The van der Waals surface area contributed by atoms with Crippen LogP contribution in [0.4, 0.5) is 0 Å². The van der Waals surface area contributed by atoms with E-state index in [4.69, 9.17) is 32.7 Å². The van der Waals surface area contributed by atoms with Crippen molar-refractivity contribution < 1.29 is 33.4 Å². The molecule has 1 aromatic heterocycles. The van der Waals surface area contributed by atoms with Crippen LogP contribution in [0.15, 0.2) is 72.9 Å². The van der Waals surface area contributed by atoms with Gasteiger partial charge in [0.15, 0.2) is 0 Å². The van der Waals surface area contributed by atoms with Gasteiger partial charge in [-0.15, -0.1) is 0 Å². The highest BCUT2D eigenvalue weighted by atomic mass is 35.5. The molecular weight excluding hydrogens is 883 g/mol. The number of nitrogens with zero attached hydrogens (tertiary/aromatic N) is 6. The predicted molar refractivity (Wildman–Crippen MR) is 254 cm³/mol. The number of likely N-dealkylation sites (N-methyl/N-ethyl adjacent to an activating group) is 2. The number of carbonyl (C=O) groups excluding carboxylic acids is 5. The first-order valence-corrected chi connectivity index (χ1v) is 23.2. The molecule has 0 unspecified atom stereocenters. The molecule has 0 bridgehead atoms. The molecule has 2 heterocycles. The van der Waals surface area contributed by atoms with E-state index in [9.17, 15) is 24.0 Å². The lowest BCUT2D eigenvalue weighted by Gasteiger charge is -2.39. The Kier molecular flexibility index (Phi) is 17.3. The fourth-order valence-corrected chi connectivity index (χ4v) is 9.01. The van der Waals surface area contributed by atoms with Crippen LogP contribution < -0.4 is 15.4 Å². The van der Waals surface area contributed by atoms with Gasteiger partial charge in [-0.25, -0.2) is 4.98 Å². The standard InChI is InChI=1S/C49H62Cl2N8O7/c1-31-48(63)54-40(30-65-7)49(64)56(4)37(24-32-12-17-35(50)18-13-32)26-45(60)53-39-10-8-9-11-41(39)58(6)46(61)22-23-47(62)59(31)28-34-14-19-36(51)25-43(34)66-38-20-15-33(16-21-38)42-27-52-44(57(42)5)29-55(2)3/h12-21,25,27,31,37,39-41H,8-11,22-24,26,28-30H2,1-7H3,(H,53,60)(H,54,63)/t31-,37-,39-,40-,41-/m0/s1. The largest absolute Gasteiger partial charge is 0.457 e. The van der Waals surface area contributed by atoms with E-state index in [1.54, 1.807) is 56.3 Å². The molecule has 1 saturated heterocycles. The number of imidazole rings is 1. The Morgan fingerprint density at radius 2 is 1.52 bits per heavy atom. The molecule has 5 atom stereocenters. The summed E-state index contributed by atoms with van der Waals surface area (Å²) in [5.74, 6) is -0.258. The summed E-state index contributed by atoms with van der Waals surface area (Å²) in [6.07, 6.45) is 4.92. The Bertz CT molecular complexity index is 2340. The third kappa shape index (κ3) is 12.7. The zero-order chi connectivity index (χ0) is 47.7. The number of carbonyl (C=O) groups is 5. The minimum absolute atomic E-state index is 0.0317. The number of aromatic nitrogens is 2. The maximum atomic E-state index is 14.4. The van der Waals surface area contributed by atoms with Crippen LogP contribution in [0.25, 0.3) is 11.3 Å². The van der Waals surface area contributed by atoms with Crippen LogP contribution in [0.5, 0.6) is 11.5 Å². The van der Waals surface area contributed by atoms with E-state index in [0.29, 0.717) is 52.9 Å². The molecule has 3 aromatic carbocycles. The van der Waals surface area contributed by atoms with Crippen LogP contribution >= 0.6 is 23.2 Å². The molecule has 1 saturated carbocycles. The van der Waals surface area contributed by atoms with Gasteiger partial charge < -0.3 is 44.3 Å². The van der Waals surface area contributed by atoms with E-state index in [-0.39, 0.29) is 56.3 Å². The Hall–Kier alpha value is -5.48. The highest BCUT2D eigenvalue weighted by molar-refractivity contribution is 6.31. The van der Waals surface area contributed by atoms with E-state index in [1.807, 2.05) is 63.7 Å². The van der Waals surface area contributed by atoms with Gasteiger partial charge in [-0.05, 0) is 94.4 Å². The number of ether oxygens (including phenoxy) is 2. The van der Waals surface area contributed by atoms with Crippen molar-refractivity contribution in [3.63, 3.8) is 0 Å². The molecule has 0 radical (unpaired) electrons. The zero-order valence-corrected chi connectivity index (χ0v) is 40.4.